The lowest BCUT2D eigenvalue weighted by atomic mass is 9.95. The van der Waals surface area contributed by atoms with Crippen LogP contribution in [0.5, 0.6) is 0 Å². The van der Waals surface area contributed by atoms with Crippen molar-refractivity contribution < 1.29 is 23.9 Å². The molecule has 1 aliphatic heterocycles. The fraction of sp³-hybridized carbons (Fsp3) is 0.559. The number of ether oxygens (including phenoxy) is 2. The number of carbonyl (C=O) groups is 3. The van der Waals surface area contributed by atoms with Gasteiger partial charge in [0.2, 0.25) is 5.91 Å². The Labute approximate surface area is 257 Å². The van der Waals surface area contributed by atoms with Gasteiger partial charge in [-0.15, -0.1) is 0 Å². The molecule has 0 aliphatic carbocycles. The molecule has 0 radical (unpaired) electrons. The molecule has 1 unspecified atom stereocenters. The Morgan fingerprint density at radius 3 is 2.14 bits per heavy atom. The largest absolute Gasteiger partial charge is 0.466 e. The molecule has 9 heteroatoms. The highest BCUT2D eigenvalue weighted by atomic mass is 16.6. The number of carbonyl (C=O) groups excluding carboxylic acids is 3. The maximum absolute atomic E-state index is 13.3. The first-order valence-corrected chi connectivity index (χ1v) is 15.3. The van der Waals surface area contributed by atoms with E-state index in [2.05, 4.69) is 27.7 Å². The van der Waals surface area contributed by atoms with Crippen LogP contribution in [0.3, 0.4) is 0 Å². The second-order valence-corrected chi connectivity index (χ2v) is 12.5. The molecular weight excluding hydrogens is 544 g/mol. The Kier molecular flexibility index (Phi) is 11.1. The van der Waals surface area contributed by atoms with Gasteiger partial charge in [0.05, 0.1) is 24.8 Å². The molecule has 2 aromatic rings. The van der Waals surface area contributed by atoms with Crippen molar-refractivity contribution in [2.75, 3.05) is 48.8 Å². The van der Waals surface area contributed by atoms with Gasteiger partial charge < -0.3 is 24.6 Å². The van der Waals surface area contributed by atoms with Gasteiger partial charge in [-0.2, -0.15) is 0 Å². The zero-order valence-corrected chi connectivity index (χ0v) is 27.6. The normalized spacial score (nSPS) is 14.6. The number of benzene rings is 2. The SMILES string of the molecule is CCOC(=O)C(C)c1cccc(N2CCC(N(C)C(=O)CNc3c(C)c(C)c(NC(=O)OC(C)(C)C)c(C)c3C)CC2)c1. The van der Waals surface area contributed by atoms with Crippen molar-refractivity contribution in [1.82, 2.24) is 4.90 Å². The zero-order chi connectivity index (χ0) is 32.1. The Morgan fingerprint density at radius 1 is 1.00 bits per heavy atom. The monoisotopic (exact) mass is 594 g/mol. The standard InChI is InChI=1S/C34H50N4O5/c1-11-42-32(40)25(6)26-13-12-14-28(19-26)38-17-15-27(16-18-38)37(10)29(39)20-35-30-21(2)23(4)31(24(5)22(30)3)36-33(41)43-34(7,8)9/h12-14,19,25,27,35H,11,15-18,20H2,1-10H3,(H,36,41). The van der Waals surface area contributed by atoms with E-state index < -0.39 is 11.7 Å². The van der Waals surface area contributed by atoms with Gasteiger partial charge in [-0.1, -0.05) is 12.1 Å². The summed E-state index contributed by atoms with van der Waals surface area (Å²) in [6.45, 7) is 19.3. The summed E-state index contributed by atoms with van der Waals surface area (Å²) in [4.78, 5) is 42.1. The number of rotatable bonds is 9. The number of amides is 2. The van der Waals surface area contributed by atoms with E-state index in [0.717, 1.165) is 70.8 Å². The molecule has 0 aromatic heterocycles. The van der Waals surface area contributed by atoms with Crippen molar-refractivity contribution in [3.8, 4) is 0 Å². The van der Waals surface area contributed by atoms with Crippen LogP contribution in [0.15, 0.2) is 24.3 Å². The van der Waals surface area contributed by atoms with Crippen LogP contribution in [0.25, 0.3) is 0 Å². The van der Waals surface area contributed by atoms with E-state index >= 15 is 0 Å². The summed E-state index contributed by atoms with van der Waals surface area (Å²) in [7, 11) is 1.88. The number of nitrogens with one attached hydrogen (secondary N) is 2. The third-order valence-electron chi connectivity index (χ3n) is 8.45. The highest BCUT2D eigenvalue weighted by Crippen LogP contribution is 2.34. The van der Waals surface area contributed by atoms with E-state index in [1.165, 1.54) is 0 Å². The van der Waals surface area contributed by atoms with E-state index in [-0.39, 0.29) is 30.4 Å². The van der Waals surface area contributed by atoms with Gasteiger partial charge in [-0.05, 0) is 115 Å². The topological polar surface area (TPSA) is 100 Å². The summed E-state index contributed by atoms with van der Waals surface area (Å²) in [5.41, 5.74) is 6.94. The number of likely N-dealkylation sites (N-methyl/N-ethyl adjacent to an activating group) is 1. The fourth-order valence-corrected chi connectivity index (χ4v) is 5.57. The summed E-state index contributed by atoms with van der Waals surface area (Å²) in [5.74, 6) is -0.490. The molecule has 1 atom stereocenters. The van der Waals surface area contributed by atoms with E-state index in [9.17, 15) is 14.4 Å². The zero-order valence-electron chi connectivity index (χ0n) is 27.6. The van der Waals surface area contributed by atoms with Crippen LogP contribution in [-0.2, 0) is 19.1 Å². The van der Waals surface area contributed by atoms with E-state index in [1.54, 1.807) is 0 Å². The number of anilines is 3. The highest BCUT2D eigenvalue weighted by molar-refractivity contribution is 5.90. The van der Waals surface area contributed by atoms with Crippen LogP contribution in [0, 0.1) is 27.7 Å². The van der Waals surface area contributed by atoms with Crippen molar-refractivity contribution in [3.05, 3.63) is 52.1 Å². The molecule has 1 heterocycles. The quantitative estimate of drug-likeness (QED) is 0.321. The smallest absolute Gasteiger partial charge is 0.412 e. The van der Waals surface area contributed by atoms with Gasteiger partial charge >= 0.3 is 12.1 Å². The van der Waals surface area contributed by atoms with Crippen molar-refractivity contribution in [1.29, 1.82) is 0 Å². The molecule has 1 saturated heterocycles. The van der Waals surface area contributed by atoms with Gasteiger partial charge in [-0.3, -0.25) is 14.9 Å². The molecule has 2 N–H and O–H groups in total. The number of piperidine rings is 1. The van der Waals surface area contributed by atoms with E-state index in [4.69, 9.17) is 9.47 Å². The molecule has 0 bridgehead atoms. The van der Waals surface area contributed by atoms with Crippen LogP contribution >= 0.6 is 0 Å². The molecule has 2 amide bonds. The Hall–Kier alpha value is -3.75. The summed E-state index contributed by atoms with van der Waals surface area (Å²) in [5, 5.41) is 6.30. The molecule has 9 nitrogen and oxygen atoms in total. The molecule has 2 aromatic carbocycles. The first-order valence-electron chi connectivity index (χ1n) is 15.3. The molecule has 0 saturated carbocycles. The third kappa shape index (κ3) is 8.42. The van der Waals surface area contributed by atoms with Gasteiger partial charge in [0, 0.05) is 37.6 Å². The van der Waals surface area contributed by atoms with E-state index in [0.29, 0.717) is 6.61 Å². The average Bonchev–Trinajstić information content (AvgIpc) is 2.96. The highest BCUT2D eigenvalue weighted by Gasteiger charge is 2.27. The Morgan fingerprint density at radius 2 is 1.58 bits per heavy atom. The molecule has 0 spiro atoms. The third-order valence-corrected chi connectivity index (χ3v) is 8.45. The molecule has 43 heavy (non-hydrogen) atoms. The summed E-state index contributed by atoms with van der Waals surface area (Å²) in [6.07, 6.45) is 1.24. The maximum atomic E-state index is 13.3. The Balaban J connectivity index is 1.60. The minimum Gasteiger partial charge on any atom is -0.466 e. The van der Waals surface area contributed by atoms with Crippen LogP contribution in [0.1, 0.15) is 81.2 Å². The number of esters is 1. The molecule has 236 valence electrons. The molecular formula is C34H50N4O5. The van der Waals surface area contributed by atoms with Crippen LogP contribution < -0.4 is 15.5 Å². The van der Waals surface area contributed by atoms with Crippen LogP contribution in [-0.4, -0.2) is 67.8 Å². The second-order valence-electron chi connectivity index (χ2n) is 12.5. The Bertz CT molecular complexity index is 1300. The second kappa shape index (κ2) is 14.1. The van der Waals surface area contributed by atoms with E-state index in [1.807, 2.05) is 86.4 Å². The summed E-state index contributed by atoms with van der Waals surface area (Å²) in [6, 6.07) is 8.25. The maximum Gasteiger partial charge on any atom is 0.412 e. The summed E-state index contributed by atoms with van der Waals surface area (Å²) < 4.78 is 10.6. The van der Waals surface area contributed by atoms with Crippen molar-refractivity contribution in [3.63, 3.8) is 0 Å². The number of hydrogen-bond donors (Lipinski definition) is 2. The van der Waals surface area contributed by atoms with Gasteiger partial charge in [0.15, 0.2) is 0 Å². The predicted octanol–water partition coefficient (Wildman–Crippen LogP) is 6.47. The molecule has 1 aliphatic rings. The lowest BCUT2D eigenvalue weighted by molar-refractivity contribution is -0.144. The van der Waals surface area contributed by atoms with Crippen molar-refractivity contribution >= 4 is 35.0 Å². The first-order chi connectivity index (χ1) is 20.1. The van der Waals surface area contributed by atoms with Gasteiger partial charge in [0.1, 0.15) is 5.60 Å². The summed E-state index contributed by atoms with van der Waals surface area (Å²) >= 11 is 0. The predicted molar refractivity (Wildman–Crippen MR) is 173 cm³/mol. The van der Waals surface area contributed by atoms with Gasteiger partial charge in [-0.25, -0.2) is 4.79 Å². The number of nitrogens with zero attached hydrogens (tertiary/aromatic N) is 2. The van der Waals surface area contributed by atoms with Crippen molar-refractivity contribution in [2.45, 2.75) is 92.7 Å². The minimum absolute atomic E-state index is 0.0359. The fourth-order valence-electron chi connectivity index (χ4n) is 5.57. The lowest BCUT2D eigenvalue weighted by Gasteiger charge is -2.38. The lowest BCUT2D eigenvalue weighted by Crippen LogP contribution is -2.47. The van der Waals surface area contributed by atoms with Crippen molar-refractivity contribution in [2.24, 2.45) is 0 Å². The average molecular weight is 595 g/mol. The van der Waals surface area contributed by atoms with Crippen LogP contribution in [0.4, 0.5) is 21.9 Å². The minimum atomic E-state index is -0.588. The number of hydrogen-bond acceptors (Lipinski definition) is 7. The van der Waals surface area contributed by atoms with Gasteiger partial charge in [0.25, 0.3) is 0 Å². The first kappa shape index (κ1) is 33.7. The molecule has 3 rings (SSSR count). The van der Waals surface area contributed by atoms with Crippen LogP contribution in [0.2, 0.25) is 0 Å². The molecule has 1 fully saturated rings.